The fourth-order valence-corrected chi connectivity index (χ4v) is 2.26. The van der Waals surface area contributed by atoms with Crippen LogP contribution in [0.2, 0.25) is 0 Å². The maximum Gasteiger partial charge on any atom is 0.191 e. The number of aromatic hydroxyl groups is 1. The lowest BCUT2D eigenvalue weighted by Crippen LogP contribution is -2.39. The topological polar surface area (TPSA) is 56.7 Å². The first-order valence-corrected chi connectivity index (χ1v) is 8.04. The van der Waals surface area contributed by atoms with Crippen LogP contribution in [0.5, 0.6) is 5.75 Å². The molecule has 1 unspecified atom stereocenters. The molecule has 4 nitrogen and oxygen atoms in total. The number of benzene rings is 2. The molecule has 0 heterocycles. The van der Waals surface area contributed by atoms with Gasteiger partial charge in [0.25, 0.3) is 0 Å². The SMILES string of the molecule is CCNC(=NCc1ccc(O)cc1)NCC(C)c1ccccc1.I. The summed E-state index contributed by atoms with van der Waals surface area (Å²) in [5.74, 6) is 1.50. The molecule has 0 radical (unpaired) electrons. The fraction of sp³-hybridized carbons (Fsp3) is 0.316. The Morgan fingerprint density at radius 3 is 2.33 bits per heavy atom. The molecule has 0 aliphatic rings. The lowest BCUT2D eigenvalue weighted by molar-refractivity contribution is 0.475. The summed E-state index contributed by atoms with van der Waals surface area (Å²) in [7, 11) is 0. The Kier molecular flexibility index (Phi) is 9.22. The molecule has 3 N–H and O–H groups in total. The molecule has 0 saturated carbocycles. The molecule has 0 fully saturated rings. The minimum absolute atomic E-state index is 0. The third kappa shape index (κ3) is 6.78. The maximum atomic E-state index is 9.31. The number of phenols is 1. The quantitative estimate of drug-likeness (QED) is 0.364. The van der Waals surface area contributed by atoms with E-state index in [0.717, 1.165) is 24.6 Å². The Morgan fingerprint density at radius 2 is 1.71 bits per heavy atom. The number of phenolic OH excluding ortho intramolecular Hbond substituents is 1. The van der Waals surface area contributed by atoms with Gasteiger partial charge in [-0.3, -0.25) is 0 Å². The van der Waals surface area contributed by atoms with Crippen LogP contribution in [0, 0.1) is 0 Å². The highest BCUT2D eigenvalue weighted by molar-refractivity contribution is 14.0. The van der Waals surface area contributed by atoms with Gasteiger partial charge in [-0.1, -0.05) is 49.4 Å². The van der Waals surface area contributed by atoms with E-state index in [2.05, 4.69) is 53.7 Å². The smallest absolute Gasteiger partial charge is 0.191 e. The van der Waals surface area contributed by atoms with Gasteiger partial charge in [-0.2, -0.15) is 0 Å². The van der Waals surface area contributed by atoms with E-state index in [4.69, 9.17) is 0 Å². The molecular formula is C19H26IN3O. The lowest BCUT2D eigenvalue weighted by atomic mass is 10.0. The monoisotopic (exact) mass is 439 g/mol. The third-order valence-electron chi connectivity index (χ3n) is 3.64. The number of guanidine groups is 1. The first-order chi connectivity index (χ1) is 11.2. The molecule has 0 spiro atoms. The highest BCUT2D eigenvalue weighted by Gasteiger charge is 2.06. The van der Waals surface area contributed by atoms with Crippen molar-refractivity contribution in [3.63, 3.8) is 0 Å². The van der Waals surface area contributed by atoms with E-state index in [9.17, 15) is 5.11 Å². The number of halogens is 1. The third-order valence-corrected chi connectivity index (χ3v) is 3.64. The molecule has 0 bridgehead atoms. The van der Waals surface area contributed by atoms with Gasteiger partial charge in [-0.25, -0.2) is 4.99 Å². The summed E-state index contributed by atoms with van der Waals surface area (Å²) in [6.07, 6.45) is 0. The number of hydrogen-bond acceptors (Lipinski definition) is 2. The fourth-order valence-electron chi connectivity index (χ4n) is 2.26. The van der Waals surface area contributed by atoms with Gasteiger partial charge in [0, 0.05) is 13.1 Å². The van der Waals surface area contributed by atoms with E-state index in [-0.39, 0.29) is 29.7 Å². The second-order valence-electron chi connectivity index (χ2n) is 5.55. The van der Waals surface area contributed by atoms with E-state index in [1.54, 1.807) is 12.1 Å². The number of nitrogens with one attached hydrogen (secondary N) is 2. The molecule has 0 amide bonds. The van der Waals surface area contributed by atoms with E-state index in [0.29, 0.717) is 12.5 Å². The first kappa shape index (κ1) is 20.3. The van der Waals surface area contributed by atoms with Crippen LogP contribution < -0.4 is 10.6 Å². The lowest BCUT2D eigenvalue weighted by Gasteiger charge is -2.16. The van der Waals surface area contributed by atoms with Gasteiger partial charge < -0.3 is 15.7 Å². The summed E-state index contributed by atoms with van der Waals surface area (Å²) in [6.45, 7) is 6.48. The second kappa shape index (κ2) is 10.9. The van der Waals surface area contributed by atoms with Gasteiger partial charge in [0.15, 0.2) is 5.96 Å². The van der Waals surface area contributed by atoms with Crippen molar-refractivity contribution in [2.24, 2.45) is 4.99 Å². The average Bonchev–Trinajstić information content (AvgIpc) is 2.59. The number of hydrogen-bond donors (Lipinski definition) is 3. The summed E-state index contributed by atoms with van der Waals surface area (Å²) < 4.78 is 0. The zero-order chi connectivity index (χ0) is 16.5. The Hall–Kier alpha value is -1.76. The van der Waals surface area contributed by atoms with Crippen LogP contribution in [0.25, 0.3) is 0 Å². The van der Waals surface area contributed by atoms with Crippen LogP contribution in [0.15, 0.2) is 59.6 Å². The van der Waals surface area contributed by atoms with Gasteiger partial charge >= 0.3 is 0 Å². The number of aliphatic imine (C=N–C) groups is 1. The average molecular weight is 439 g/mol. The molecular weight excluding hydrogens is 413 g/mol. The summed E-state index contributed by atoms with van der Waals surface area (Å²) in [4.78, 5) is 4.59. The molecule has 0 aliphatic carbocycles. The van der Waals surface area contributed by atoms with Gasteiger partial charge in [0.05, 0.1) is 6.54 Å². The molecule has 2 rings (SSSR count). The van der Waals surface area contributed by atoms with E-state index >= 15 is 0 Å². The number of nitrogens with zero attached hydrogens (tertiary/aromatic N) is 1. The van der Waals surface area contributed by atoms with Crippen LogP contribution in [0.1, 0.15) is 30.9 Å². The second-order valence-corrected chi connectivity index (χ2v) is 5.55. The van der Waals surface area contributed by atoms with Crippen molar-refractivity contribution < 1.29 is 5.11 Å². The van der Waals surface area contributed by atoms with Gasteiger partial charge in [-0.05, 0) is 36.1 Å². The Morgan fingerprint density at radius 1 is 1.04 bits per heavy atom. The van der Waals surface area contributed by atoms with Gasteiger partial charge in [0.2, 0.25) is 0 Å². The van der Waals surface area contributed by atoms with Crippen LogP contribution in [-0.2, 0) is 6.54 Å². The van der Waals surface area contributed by atoms with E-state index < -0.39 is 0 Å². The number of rotatable bonds is 6. The largest absolute Gasteiger partial charge is 0.508 e. The van der Waals surface area contributed by atoms with Crippen LogP contribution in [0.4, 0.5) is 0 Å². The van der Waals surface area contributed by atoms with E-state index in [1.165, 1.54) is 5.56 Å². The van der Waals surface area contributed by atoms with Crippen LogP contribution in [0.3, 0.4) is 0 Å². The zero-order valence-corrected chi connectivity index (χ0v) is 16.5. The van der Waals surface area contributed by atoms with Crippen molar-refractivity contribution in [3.8, 4) is 5.75 Å². The van der Waals surface area contributed by atoms with Crippen molar-refractivity contribution in [1.82, 2.24) is 10.6 Å². The zero-order valence-electron chi connectivity index (χ0n) is 14.2. The van der Waals surface area contributed by atoms with Crippen molar-refractivity contribution in [2.75, 3.05) is 13.1 Å². The van der Waals surface area contributed by atoms with E-state index in [1.807, 2.05) is 18.2 Å². The van der Waals surface area contributed by atoms with Gasteiger partial charge in [0.1, 0.15) is 5.75 Å². The summed E-state index contributed by atoms with van der Waals surface area (Å²) in [6, 6.07) is 17.6. The van der Waals surface area contributed by atoms with Crippen molar-refractivity contribution in [2.45, 2.75) is 26.3 Å². The molecule has 130 valence electrons. The minimum atomic E-state index is 0. The normalized spacial score (nSPS) is 12.2. The maximum absolute atomic E-state index is 9.31. The molecule has 24 heavy (non-hydrogen) atoms. The summed E-state index contributed by atoms with van der Waals surface area (Å²) in [5, 5.41) is 16.0. The molecule has 0 aromatic heterocycles. The minimum Gasteiger partial charge on any atom is -0.508 e. The predicted octanol–water partition coefficient (Wildman–Crippen LogP) is 3.87. The molecule has 2 aromatic rings. The van der Waals surface area contributed by atoms with Crippen molar-refractivity contribution in [3.05, 3.63) is 65.7 Å². The molecule has 2 aromatic carbocycles. The standard InChI is InChI=1S/C19H25N3O.HI/c1-3-20-19(22-14-16-9-11-18(23)12-10-16)21-13-15(2)17-7-5-4-6-8-17;/h4-12,15,23H,3,13-14H2,1-2H3,(H2,20,21,22);1H. The Bertz CT molecular complexity index is 614. The van der Waals surface area contributed by atoms with Crippen LogP contribution >= 0.6 is 24.0 Å². The van der Waals surface area contributed by atoms with Crippen molar-refractivity contribution >= 4 is 29.9 Å². The highest BCUT2D eigenvalue weighted by Crippen LogP contribution is 2.13. The first-order valence-electron chi connectivity index (χ1n) is 8.04. The summed E-state index contributed by atoms with van der Waals surface area (Å²) >= 11 is 0. The van der Waals surface area contributed by atoms with Crippen molar-refractivity contribution in [1.29, 1.82) is 0 Å². The van der Waals surface area contributed by atoms with Gasteiger partial charge in [-0.15, -0.1) is 24.0 Å². The Labute approximate surface area is 161 Å². The highest BCUT2D eigenvalue weighted by atomic mass is 127. The summed E-state index contributed by atoms with van der Waals surface area (Å²) in [5.41, 5.74) is 2.38. The van der Waals surface area contributed by atoms with Crippen LogP contribution in [-0.4, -0.2) is 24.2 Å². The molecule has 1 atom stereocenters. The predicted molar refractivity (Wildman–Crippen MR) is 111 cm³/mol. The molecule has 0 saturated heterocycles. The molecule has 5 heteroatoms. The molecule has 0 aliphatic heterocycles. The Balaban J connectivity index is 0.00000288.